The molecule has 0 aliphatic carbocycles. The van der Waals surface area contributed by atoms with E-state index in [1.54, 1.807) is 0 Å². The van der Waals surface area contributed by atoms with Crippen LogP contribution in [0, 0.1) is 5.92 Å². The van der Waals surface area contributed by atoms with Crippen LogP contribution in [0.3, 0.4) is 0 Å². The fourth-order valence-corrected chi connectivity index (χ4v) is 3.07. The molecule has 0 radical (unpaired) electrons. The van der Waals surface area contributed by atoms with Crippen LogP contribution in [0.5, 0.6) is 0 Å². The fraction of sp³-hybridized carbons (Fsp3) is 0.571. The molecule has 120 valence electrons. The van der Waals surface area contributed by atoms with E-state index in [1.165, 1.54) is 24.3 Å². The third-order valence-corrected chi connectivity index (χ3v) is 4.84. The molecule has 0 heterocycles. The van der Waals surface area contributed by atoms with Crippen molar-refractivity contribution in [1.82, 2.24) is 0 Å². The van der Waals surface area contributed by atoms with Crippen LogP contribution in [-0.2, 0) is 9.84 Å². The van der Waals surface area contributed by atoms with Gasteiger partial charge in [-0.2, -0.15) is 8.78 Å². The Morgan fingerprint density at radius 3 is 2.29 bits per heavy atom. The molecule has 0 fully saturated rings. The Morgan fingerprint density at radius 2 is 1.81 bits per heavy atom. The molecule has 1 unspecified atom stereocenters. The number of alkyl halides is 3. The maximum absolute atomic E-state index is 12.4. The van der Waals surface area contributed by atoms with Crippen LogP contribution >= 0.6 is 11.6 Å². The van der Waals surface area contributed by atoms with E-state index in [0.29, 0.717) is 17.5 Å². The molecule has 0 aromatic heterocycles. The summed E-state index contributed by atoms with van der Waals surface area (Å²) < 4.78 is 47.4. The first kappa shape index (κ1) is 18.2. The van der Waals surface area contributed by atoms with E-state index in [0.717, 1.165) is 25.8 Å². The number of rotatable bonds is 9. The summed E-state index contributed by atoms with van der Waals surface area (Å²) in [6.45, 7) is 2.83. The molecule has 1 atom stereocenters. The first-order chi connectivity index (χ1) is 9.91. The molecular formula is C14H20ClF2NO2S. The second-order valence-electron chi connectivity index (χ2n) is 4.84. The first-order valence-corrected chi connectivity index (χ1v) is 8.91. The first-order valence-electron chi connectivity index (χ1n) is 6.83. The molecule has 3 nitrogen and oxygen atoms in total. The van der Waals surface area contributed by atoms with Crippen LogP contribution in [0.15, 0.2) is 29.2 Å². The summed E-state index contributed by atoms with van der Waals surface area (Å²) in [5.74, 6) is -2.36. The fourth-order valence-electron chi connectivity index (χ4n) is 2.04. The molecule has 1 aromatic carbocycles. The Bertz CT molecular complexity index is 514. The van der Waals surface area contributed by atoms with Crippen molar-refractivity contribution >= 4 is 27.1 Å². The van der Waals surface area contributed by atoms with E-state index >= 15 is 0 Å². The lowest BCUT2D eigenvalue weighted by molar-refractivity contribution is 0.234. The summed E-state index contributed by atoms with van der Waals surface area (Å²) in [7, 11) is -4.52. The zero-order valence-electron chi connectivity index (χ0n) is 11.9. The van der Waals surface area contributed by atoms with E-state index in [-0.39, 0.29) is 4.90 Å². The lowest BCUT2D eigenvalue weighted by Crippen LogP contribution is -2.15. The summed E-state index contributed by atoms with van der Waals surface area (Å²) in [4.78, 5) is -0.367. The molecule has 0 bridgehead atoms. The van der Waals surface area contributed by atoms with Gasteiger partial charge in [0.25, 0.3) is 0 Å². The molecule has 1 N–H and O–H groups in total. The van der Waals surface area contributed by atoms with Gasteiger partial charge in [-0.15, -0.1) is 11.6 Å². The molecule has 1 rings (SSSR count). The summed E-state index contributed by atoms with van der Waals surface area (Å²) in [5, 5.41) is 3.18. The van der Waals surface area contributed by atoms with Gasteiger partial charge < -0.3 is 5.32 Å². The van der Waals surface area contributed by atoms with E-state index in [4.69, 9.17) is 11.6 Å². The third-order valence-electron chi connectivity index (χ3n) is 3.23. The highest BCUT2D eigenvalue weighted by Crippen LogP contribution is 2.21. The summed E-state index contributed by atoms with van der Waals surface area (Å²) >= 11 is 5.75. The quantitative estimate of drug-likeness (QED) is 0.688. The monoisotopic (exact) mass is 339 g/mol. The Morgan fingerprint density at radius 1 is 1.19 bits per heavy atom. The second kappa shape index (κ2) is 8.54. The van der Waals surface area contributed by atoms with Crippen molar-refractivity contribution in [3.63, 3.8) is 0 Å². The predicted molar refractivity (Wildman–Crippen MR) is 81.9 cm³/mol. The Kier molecular flexibility index (Phi) is 7.39. The van der Waals surface area contributed by atoms with Crippen LogP contribution in [0.2, 0.25) is 0 Å². The van der Waals surface area contributed by atoms with Crippen LogP contribution in [-0.4, -0.2) is 26.6 Å². The van der Waals surface area contributed by atoms with Gasteiger partial charge >= 0.3 is 5.76 Å². The molecular weight excluding hydrogens is 320 g/mol. The topological polar surface area (TPSA) is 46.2 Å². The number of halogens is 3. The van der Waals surface area contributed by atoms with Crippen LogP contribution in [0.4, 0.5) is 14.5 Å². The average molecular weight is 340 g/mol. The molecule has 0 aliphatic heterocycles. The van der Waals surface area contributed by atoms with Gasteiger partial charge in [0.15, 0.2) is 0 Å². The van der Waals surface area contributed by atoms with Gasteiger partial charge in [-0.1, -0.05) is 13.3 Å². The lowest BCUT2D eigenvalue weighted by Gasteiger charge is -2.16. The normalized spacial score (nSPS) is 13.4. The predicted octanol–water partition coefficient (Wildman–Crippen LogP) is 4.14. The molecule has 1 aromatic rings. The standard InChI is InChI=1S/C14H20ClF2NO2S/c1-2-3-11(8-9-15)10-18-12-4-6-13(7-5-12)21(19,20)14(16)17/h4-7,11,14,18H,2-3,8-10H2,1H3. The van der Waals surface area contributed by atoms with Gasteiger partial charge in [0.05, 0.1) is 4.90 Å². The van der Waals surface area contributed by atoms with Gasteiger partial charge in [-0.05, 0) is 43.0 Å². The number of benzene rings is 1. The van der Waals surface area contributed by atoms with Crippen molar-refractivity contribution < 1.29 is 17.2 Å². The third kappa shape index (κ3) is 5.43. The minimum Gasteiger partial charge on any atom is -0.385 e. The average Bonchev–Trinajstić information content (AvgIpc) is 2.45. The molecule has 0 saturated carbocycles. The molecule has 0 saturated heterocycles. The smallest absolute Gasteiger partial charge is 0.341 e. The Balaban J connectivity index is 2.67. The van der Waals surface area contributed by atoms with E-state index in [2.05, 4.69) is 12.2 Å². The highest BCUT2D eigenvalue weighted by Gasteiger charge is 2.26. The molecule has 0 spiro atoms. The minimum atomic E-state index is -4.52. The van der Waals surface area contributed by atoms with Crippen molar-refractivity contribution in [2.45, 2.75) is 36.8 Å². The molecule has 0 aliphatic rings. The van der Waals surface area contributed by atoms with Crippen LogP contribution in [0.25, 0.3) is 0 Å². The number of hydrogen-bond donors (Lipinski definition) is 1. The summed E-state index contributed by atoms with van der Waals surface area (Å²) in [5.41, 5.74) is 0.707. The van der Waals surface area contributed by atoms with Crippen LogP contribution < -0.4 is 5.32 Å². The summed E-state index contributed by atoms with van der Waals surface area (Å²) in [6.07, 6.45) is 3.02. The zero-order valence-corrected chi connectivity index (χ0v) is 13.4. The van der Waals surface area contributed by atoms with Crippen molar-refractivity contribution in [2.24, 2.45) is 5.92 Å². The molecule has 7 heteroatoms. The van der Waals surface area contributed by atoms with E-state index in [1.807, 2.05) is 0 Å². The molecule has 0 amide bonds. The SMILES string of the molecule is CCCC(CCCl)CNc1ccc(S(=O)(=O)C(F)F)cc1. The number of sulfone groups is 1. The van der Waals surface area contributed by atoms with Gasteiger partial charge in [-0.3, -0.25) is 0 Å². The highest BCUT2D eigenvalue weighted by atomic mass is 35.5. The van der Waals surface area contributed by atoms with Crippen molar-refractivity contribution in [3.8, 4) is 0 Å². The number of nitrogens with one attached hydrogen (secondary N) is 1. The van der Waals surface area contributed by atoms with E-state index < -0.39 is 15.6 Å². The van der Waals surface area contributed by atoms with Crippen molar-refractivity contribution in [1.29, 1.82) is 0 Å². The van der Waals surface area contributed by atoms with Gasteiger partial charge in [0.2, 0.25) is 9.84 Å². The highest BCUT2D eigenvalue weighted by molar-refractivity contribution is 7.91. The van der Waals surface area contributed by atoms with Gasteiger partial charge in [-0.25, -0.2) is 8.42 Å². The van der Waals surface area contributed by atoms with Crippen molar-refractivity contribution in [3.05, 3.63) is 24.3 Å². The Labute approximate surface area is 129 Å². The van der Waals surface area contributed by atoms with E-state index in [9.17, 15) is 17.2 Å². The van der Waals surface area contributed by atoms with Gasteiger partial charge in [0.1, 0.15) is 0 Å². The lowest BCUT2D eigenvalue weighted by atomic mass is 10.0. The Hall–Kier alpha value is -0.880. The number of anilines is 1. The maximum atomic E-state index is 12.4. The van der Waals surface area contributed by atoms with Crippen molar-refractivity contribution in [2.75, 3.05) is 17.7 Å². The zero-order chi connectivity index (χ0) is 15.9. The van der Waals surface area contributed by atoms with Crippen LogP contribution in [0.1, 0.15) is 26.2 Å². The maximum Gasteiger partial charge on any atom is 0.341 e. The largest absolute Gasteiger partial charge is 0.385 e. The van der Waals surface area contributed by atoms with Gasteiger partial charge in [0, 0.05) is 18.1 Å². The minimum absolute atomic E-state index is 0.367. The summed E-state index contributed by atoms with van der Waals surface area (Å²) in [6, 6.07) is 5.39. The second-order valence-corrected chi connectivity index (χ2v) is 7.14. The molecule has 21 heavy (non-hydrogen) atoms. The number of hydrogen-bond acceptors (Lipinski definition) is 3.